The van der Waals surface area contributed by atoms with Gasteiger partial charge in [0.2, 0.25) is 0 Å². The summed E-state index contributed by atoms with van der Waals surface area (Å²) in [7, 11) is 1.43. The summed E-state index contributed by atoms with van der Waals surface area (Å²) in [6, 6.07) is 2.77. The maximum absolute atomic E-state index is 11.7. The van der Waals surface area contributed by atoms with Crippen molar-refractivity contribution >= 4 is 35.0 Å². The molecule has 0 radical (unpaired) electrons. The third-order valence-electron chi connectivity index (χ3n) is 2.00. The van der Waals surface area contributed by atoms with Crippen molar-refractivity contribution in [3.05, 3.63) is 27.7 Å². The van der Waals surface area contributed by atoms with E-state index in [-0.39, 0.29) is 22.2 Å². The van der Waals surface area contributed by atoms with Gasteiger partial charge in [-0.2, -0.15) is 0 Å². The standard InChI is InChI=1S/C11H10Cl2O5/c1-17-10-3-7(12)6(2-8(10)13)9(14)4-18-5-11(15)16/h2-3H,4-5H2,1H3,(H,15,16). The van der Waals surface area contributed by atoms with E-state index in [1.165, 1.54) is 19.2 Å². The first kappa shape index (κ1) is 14.8. The van der Waals surface area contributed by atoms with E-state index in [4.69, 9.17) is 33.0 Å². The van der Waals surface area contributed by atoms with Gasteiger partial charge in [0.05, 0.1) is 17.2 Å². The Bertz CT molecular complexity index is 473. The molecule has 0 unspecified atom stereocenters. The van der Waals surface area contributed by atoms with Gasteiger partial charge in [-0.3, -0.25) is 4.79 Å². The first-order chi connectivity index (χ1) is 8.45. The zero-order valence-electron chi connectivity index (χ0n) is 9.41. The molecule has 0 fully saturated rings. The number of Topliss-reactive ketones (excluding diaryl/α,β-unsaturated/α-hetero) is 1. The van der Waals surface area contributed by atoms with Gasteiger partial charge < -0.3 is 14.6 Å². The van der Waals surface area contributed by atoms with Crippen LogP contribution in [0.25, 0.3) is 0 Å². The van der Waals surface area contributed by atoms with Gasteiger partial charge in [-0.05, 0) is 6.07 Å². The van der Waals surface area contributed by atoms with Gasteiger partial charge in [0.1, 0.15) is 19.0 Å². The van der Waals surface area contributed by atoms with Crippen LogP contribution >= 0.6 is 23.2 Å². The summed E-state index contributed by atoms with van der Waals surface area (Å²) < 4.78 is 9.62. The van der Waals surface area contributed by atoms with E-state index in [1.54, 1.807) is 0 Å². The fourth-order valence-electron chi connectivity index (χ4n) is 1.21. The first-order valence-corrected chi connectivity index (χ1v) is 5.57. The minimum Gasteiger partial charge on any atom is -0.495 e. The lowest BCUT2D eigenvalue weighted by molar-refractivity contribution is -0.141. The molecule has 0 aliphatic carbocycles. The summed E-state index contributed by atoms with van der Waals surface area (Å²) in [5, 5.41) is 8.77. The van der Waals surface area contributed by atoms with Crippen molar-refractivity contribution in [2.75, 3.05) is 20.3 Å². The van der Waals surface area contributed by atoms with Crippen LogP contribution in [-0.2, 0) is 9.53 Å². The quantitative estimate of drug-likeness (QED) is 0.815. The number of carbonyl (C=O) groups is 2. The Morgan fingerprint density at radius 3 is 2.44 bits per heavy atom. The van der Waals surface area contributed by atoms with Crippen LogP contribution in [0.2, 0.25) is 10.0 Å². The van der Waals surface area contributed by atoms with Gasteiger partial charge in [-0.25, -0.2) is 4.79 Å². The molecular formula is C11H10Cl2O5. The maximum Gasteiger partial charge on any atom is 0.329 e. The summed E-state index contributed by atoms with van der Waals surface area (Å²) in [5.41, 5.74) is 0.160. The average Bonchev–Trinajstić information content (AvgIpc) is 2.30. The van der Waals surface area contributed by atoms with Crippen molar-refractivity contribution in [3.63, 3.8) is 0 Å². The maximum atomic E-state index is 11.7. The summed E-state index contributed by atoms with van der Waals surface area (Å²) >= 11 is 11.7. The Morgan fingerprint density at radius 2 is 1.89 bits per heavy atom. The van der Waals surface area contributed by atoms with Crippen molar-refractivity contribution in [1.29, 1.82) is 0 Å². The van der Waals surface area contributed by atoms with E-state index in [0.29, 0.717) is 5.75 Å². The van der Waals surface area contributed by atoms with Crippen molar-refractivity contribution in [1.82, 2.24) is 0 Å². The number of carboxylic acids is 1. The van der Waals surface area contributed by atoms with E-state index in [9.17, 15) is 9.59 Å². The Morgan fingerprint density at radius 1 is 1.22 bits per heavy atom. The topological polar surface area (TPSA) is 72.8 Å². The molecule has 1 aromatic rings. The number of halogens is 2. The minimum atomic E-state index is -1.15. The van der Waals surface area contributed by atoms with Gasteiger partial charge in [-0.15, -0.1) is 0 Å². The molecular weight excluding hydrogens is 283 g/mol. The third kappa shape index (κ3) is 3.87. The molecule has 18 heavy (non-hydrogen) atoms. The highest BCUT2D eigenvalue weighted by Gasteiger charge is 2.15. The smallest absolute Gasteiger partial charge is 0.329 e. The van der Waals surface area contributed by atoms with Crippen molar-refractivity contribution in [2.24, 2.45) is 0 Å². The van der Waals surface area contributed by atoms with E-state index in [2.05, 4.69) is 4.74 Å². The van der Waals surface area contributed by atoms with Crippen LogP contribution in [0.4, 0.5) is 0 Å². The van der Waals surface area contributed by atoms with Crippen LogP contribution in [0.5, 0.6) is 5.75 Å². The van der Waals surface area contributed by atoms with Gasteiger partial charge in [0, 0.05) is 11.6 Å². The molecule has 1 rings (SSSR count). The summed E-state index contributed by atoms with van der Waals surface area (Å²) in [6.45, 7) is -0.929. The van der Waals surface area contributed by atoms with Crippen molar-refractivity contribution in [2.45, 2.75) is 0 Å². The average molecular weight is 293 g/mol. The highest BCUT2D eigenvalue weighted by Crippen LogP contribution is 2.31. The normalized spacial score (nSPS) is 10.2. The molecule has 0 saturated heterocycles. The number of hydrogen-bond donors (Lipinski definition) is 1. The summed E-state index contributed by atoms with van der Waals surface area (Å²) in [5.74, 6) is -1.25. The van der Waals surface area contributed by atoms with Crippen molar-refractivity contribution in [3.8, 4) is 5.75 Å². The molecule has 0 aliphatic rings. The lowest BCUT2D eigenvalue weighted by atomic mass is 10.1. The molecule has 0 bridgehead atoms. The Balaban J connectivity index is 2.80. The number of carboxylic acid groups (broad SMARTS) is 1. The highest BCUT2D eigenvalue weighted by molar-refractivity contribution is 6.36. The molecule has 1 N–H and O–H groups in total. The van der Waals surface area contributed by atoms with Gasteiger partial charge in [0.25, 0.3) is 0 Å². The predicted molar refractivity (Wildman–Crippen MR) is 65.8 cm³/mol. The number of hydrogen-bond acceptors (Lipinski definition) is 4. The number of ether oxygens (including phenoxy) is 2. The second-order valence-corrected chi connectivity index (χ2v) is 4.09. The molecule has 0 aromatic heterocycles. The third-order valence-corrected chi connectivity index (χ3v) is 2.61. The molecule has 0 amide bonds. The lowest BCUT2D eigenvalue weighted by Gasteiger charge is -2.08. The molecule has 7 heteroatoms. The van der Waals surface area contributed by atoms with Crippen molar-refractivity contribution < 1.29 is 24.2 Å². The fraction of sp³-hybridized carbons (Fsp3) is 0.273. The largest absolute Gasteiger partial charge is 0.495 e. The monoisotopic (exact) mass is 292 g/mol. The molecule has 98 valence electrons. The molecule has 5 nitrogen and oxygen atoms in total. The number of ketones is 1. The van der Waals surface area contributed by atoms with Crippen LogP contribution in [0.1, 0.15) is 10.4 Å². The Kier molecular flexibility index (Phi) is 5.40. The van der Waals surface area contributed by atoms with Crippen LogP contribution in [0.15, 0.2) is 12.1 Å². The SMILES string of the molecule is COc1cc(Cl)c(C(=O)COCC(=O)O)cc1Cl. The predicted octanol–water partition coefficient (Wildman–Crippen LogP) is 2.29. The number of benzene rings is 1. The highest BCUT2D eigenvalue weighted by atomic mass is 35.5. The Labute approximate surface area is 113 Å². The van der Waals surface area contributed by atoms with Crippen LogP contribution in [0, 0.1) is 0 Å². The molecule has 0 saturated carbocycles. The molecule has 0 atom stereocenters. The summed E-state index contributed by atoms with van der Waals surface area (Å²) in [4.78, 5) is 21.9. The fourth-order valence-corrected chi connectivity index (χ4v) is 1.71. The number of aliphatic carboxylic acids is 1. The van der Waals surface area contributed by atoms with Crippen LogP contribution in [-0.4, -0.2) is 37.2 Å². The Hall–Kier alpha value is -1.30. The minimum absolute atomic E-state index is 0.160. The van der Waals surface area contributed by atoms with E-state index >= 15 is 0 Å². The number of carbonyl (C=O) groups excluding carboxylic acids is 1. The second kappa shape index (κ2) is 6.58. The zero-order chi connectivity index (χ0) is 13.7. The number of methoxy groups -OCH3 is 1. The zero-order valence-corrected chi connectivity index (χ0v) is 10.9. The van der Waals surface area contributed by atoms with Gasteiger partial charge in [-0.1, -0.05) is 23.2 Å². The summed E-state index contributed by atoms with van der Waals surface area (Å²) in [6.07, 6.45) is 0. The van der Waals surface area contributed by atoms with E-state index in [0.717, 1.165) is 0 Å². The molecule has 1 aromatic carbocycles. The first-order valence-electron chi connectivity index (χ1n) is 4.81. The van der Waals surface area contributed by atoms with Crippen LogP contribution in [0.3, 0.4) is 0 Å². The molecule has 0 heterocycles. The van der Waals surface area contributed by atoms with Crippen LogP contribution < -0.4 is 4.74 Å². The second-order valence-electron chi connectivity index (χ2n) is 3.28. The number of rotatable bonds is 6. The molecule has 0 spiro atoms. The van der Waals surface area contributed by atoms with Gasteiger partial charge >= 0.3 is 5.97 Å². The molecule has 0 aliphatic heterocycles. The van der Waals surface area contributed by atoms with E-state index < -0.39 is 18.4 Å². The lowest BCUT2D eigenvalue weighted by Crippen LogP contribution is -2.14. The van der Waals surface area contributed by atoms with Gasteiger partial charge in [0.15, 0.2) is 5.78 Å². The van der Waals surface area contributed by atoms with E-state index in [1.807, 2.05) is 0 Å².